The maximum Gasteiger partial charge on any atom is 0.0956 e. The monoisotopic (exact) mass is 243 g/mol. The van der Waals surface area contributed by atoms with Crippen LogP contribution in [-0.2, 0) is 6.54 Å². The minimum absolute atomic E-state index is 0.0420. The Morgan fingerprint density at radius 3 is 2.61 bits per heavy atom. The average molecular weight is 243 g/mol. The van der Waals surface area contributed by atoms with Crippen LogP contribution in [-0.4, -0.2) is 30.0 Å². The molecular weight excluding hydrogens is 226 g/mol. The average Bonchev–Trinajstić information content (AvgIpc) is 2.41. The van der Waals surface area contributed by atoms with Crippen LogP contribution in [0, 0.1) is 0 Å². The van der Waals surface area contributed by atoms with Crippen LogP contribution < -0.4 is 5.84 Å². The topological polar surface area (TPSA) is 61.8 Å². The van der Waals surface area contributed by atoms with Crippen molar-refractivity contribution >= 4 is 17.0 Å². The molecule has 0 atom stereocenters. The molecule has 0 unspecified atom stereocenters. The quantitative estimate of drug-likeness (QED) is 0.370. The largest absolute Gasteiger partial charge is 0.381 e. The molecule has 3 N–H and O–H groups in total. The second kappa shape index (κ2) is 5.62. The molecule has 2 rings (SSSR count). The maximum atomic E-state index is 9.10. The van der Waals surface area contributed by atoms with Gasteiger partial charge in [0, 0.05) is 12.1 Å². The molecule has 0 spiro atoms. The van der Waals surface area contributed by atoms with Gasteiger partial charge in [0.25, 0.3) is 0 Å². The predicted molar refractivity (Wildman–Crippen MR) is 74.3 cm³/mol. The highest BCUT2D eigenvalue weighted by Crippen LogP contribution is 2.22. The molecule has 0 aromatic heterocycles. The van der Waals surface area contributed by atoms with E-state index in [1.807, 2.05) is 36.2 Å². The van der Waals surface area contributed by atoms with Crippen LogP contribution in [0.3, 0.4) is 0 Å². The molecule has 0 radical (unpaired) electrons. The van der Waals surface area contributed by atoms with Gasteiger partial charge < -0.3 is 10.9 Å². The Morgan fingerprint density at radius 2 is 1.94 bits per heavy atom. The van der Waals surface area contributed by atoms with Crippen LogP contribution in [0.15, 0.2) is 41.5 Å². The van der Waals surface area contributed by atoms with Gasteiger partial charge in [-0.3, -0.25) is 4.90 Å². The van der Waals surface area contributed by atoms with Gasteiger partial charge in [0.05, 0.1) is 12.9 Å². The fourth-order valence-corrected chi connectivity index (χ4v) is 2.06. The summed E-state index contributed by atoms with van der Waals surface area (Å²) in [5.74, 6) is 5.22. The summed E-state index contributed by atoms with van der Waals surface area (Å²) >= 11 is 0. The van der Waals surface area contributed by atoms with Gasteiger partial charge in [-0.05, 0) is 23.4 Å². The van der Waals surface area contributed by atoms with E-state index in [0.717, 1.165) is 16.3 Å². The molecule has 0 heterocycles. The molecule has 0 aliphatic carbocycles. The number of nitrogens with zero attached hydrogens (tertiary/aromatic N) is 2. The van der Waals surface area contributed by atoms with Gasteiger partial charge in [-0.15, -0.1) is 0 Å². The molecule has 2 aromatic carbocycles. The first-order chi connectivity index (χ1) is 8.76. The first-order valence-corrected chi connectivity index (χ1v) is 5.79. The summed E-state index contributed by atoms with van der Waals surface area (Å²) in [4.78, 5) is 1.85. The van der Waals surface area contributed by atoms with Crippen molar-refractivity contribution in [3.05, 3.63) is 47.5 Å². The van der Waals surface area contributed by atoms with E-state index in [9.17, 15) is 0 Å². The summed E-state index contributed by atoms with van der Waals surface area (Å²) in [6.07, 6.45) is 1.65. The van der Waals surface area contributed by atoms with Crippen molar-refractivity contribution in [2.45, 2.75) is 6.54 Å². The highest BCUT2D eigenvalue weighted by molar-refractivity contribution is 6.01. The molecule has 0 fully saturated rings. The summed E-state index contributed by atoms with van der Waals surface area (Å²) in [5, 5.41) is 15.0. The first kappa shape index (κ1) is 12.5. The van der Waals surface area contributed by atoms with E-state index in [4.69, 9.17) is 10.9 Å². The summed E-state index contributed by atoms with van der Waals surface area (Å²) in [5.41, 5.74) is 2.18. The second-order valence-corrected chi connectivity index (χ2v) is 4.29. The first-order valence-electron chi connectivity index (χ1n) is 5.79. The molecule has 0 bridgehead atoms. The SMILES string of the molecule is CN(CO)Cc1ccc(/C=N/N)c2ccccc12. The van der Waals surface area contributed by atoms with Gasteiger partial charge in [0.1, 0.15) is 0 Å². The van der Waals surface area contributed by atoms with Crippen molar-refractivity contribution in [1.82, 2.24) is 4.90 Å². The maximum absolute atomic E-state index is 9.10. The number of nitrogens with two attached hydrogens (primary N) is 1. The summed E-state index contributed by atoms with van der Waals surface area (Å²) in [6, 6.07) is 12.2. The lowest BCUT2D eigenvalue weighted by Crippen LogP contribution is -2.18. The van der Waals surface area contributed by atoms with E-state index in [2.05, 4.69) is 17.2 Å². The van der Waals surface area contributed by atoms with E-state index in [0.29, 0.717) is 6.54 Å². The number of hydrogen-bond acceptors (Lipinski definition) is 4. The van der Waals surface area contributed by atoms with Gasteiger partial charge in [-0.25, -0.2) is 0 Å². The molecular formula is C14H17N3O. The van der Waals surface area contributed by atoms with Gasteiger partial charge in [-0.1, -0.05) is 36.4 Å². The van der Waals surface area contributed by atoms with E-state index < -0.39 is 0 Å². The molecule has 0 aliphatic heterocycles. The Labute approximate surface area is 106 Å². The van der Waals surface area contributed by atoms with Crippen molar-refractivity contribution in [2.75, 3.05) is 13.8 Å². The number of hydrogen-bond donors (Lipinski definition) is 2. The van der Waals surface area contributed by atoms with Crippen LogP contribution in [0.4, 0.5) is 0 Å². The smallest absolute Gasteiger partial charge is 0.0956 e. The standard InChI is InChI=1S/C14H17N3O/c1-17(10-18)9-12-7-6-11(8-16-15)13-4-2-3-5-14(12)13/h2-8,18H,9-10,15H2,1H3/b16-8+. The molecule has 2 aromatic rings. The summed E-state index contributed by atoms with van der Waals surface area (Å²) in [7, 11) is 1.88. The predicted octanol–water partition coefficient (Wildman–Crippen LogP) is 1.51. The van der Waals surface area contributed by atoms with Crippen LogP contribution >= 0.6 is 0 Å². The van der Waals surface area contributed by atoms with E-state index in [1.165, 1.54) is 5.56 Å². The van der Waals surface area contributed by atoms with E-state index in [1.54, 1.807) is 6.21 Å². The third-order valence-electron chi connectivity index (χ3n) is 2.94. The number of aliphatic hydroxyl groups is 1. The van der Waals surface area contributed by atoms with E-state index >= 15 is 0 Å². The normalized spacial score (nSPS) is 11.7. The lowest BCUT2D eigenvalue weighted by Gasteiger charge is -2.15. The lowest BCUT2D eigenvalue weighted by atomic mass is 10.00. The van der Waals surface area contributed by atoms with Gasteiger partial charge in [0.15, 0.2) is 0 Å². The summed E-state index contributed by atoms with van der Waals surface area (Å²) < 4.78 is 0. The molecule has 18 heavy (non-hydrogen) atoms. The second-order valence-electron chi connectivity index (χ2n) is 4.29. The molecule has 0 saturated carbocycles. The third kappa shape index (κ3) is 2.50. The van der Waals surface area contributed by atoms with Crippen molar-refractivity contribution < 1.29 is 5.11 Å². The zero-order valence-corrected chi connectivity index (χ0v) is 10.4. The summed E-state index contributed by atoms with van der Waals surface area (Å²) in [6.45, 7) is 0.747. The van der Waals surface area contributed by atoms with Crippen molar-refractivity contribution in [1.29, 1.82) is 0 Å². The fourth-order valence-electron chi connectivity index (χ4n) is 2.06. The number of fused-ring (bicyclic) bond motifs is 1. The molecule has 0 saturated heterocycles. The number of aliphatic hydroxyl groups excluding tert-OH is 1. The van der Waals surface area contributed by atoms with Gasteiger partial charge >= 0.3 is 0 Å². The Bertz CT molecular complexity index is 566. The highest BCUT2D eigenvalue weighted by atomic mass is 16.3. The minimum atomic E-state index is 0.0420. The van der Waals surface area contributed by atoms with Gasteiger partial charge in [0.2, 0.25) is 0 Å². The van der Waals surface area contributed by atoms with Crippen molar-refractivity contribution in [3.63, 3.8) is 0 Å². The Kier molecular flexibility index (Phi) is 3.92. The zero-order valence-electron chi connectivity index (χ0n) is 10.4. The zero-order chi connectivity index (χ0) is 13.0. The molecule has 0 aliphatic rings. The van der Waals surface area contributed by atoms with Crippen LogP contribution in [0.25, 0.3) is 10.8 Å². The van der Waals surface area contributed by atoms with Gasteiger partial charge in [-0.2, -0.15) is 5.10 Å². The third-order valence-corrected chi connectivity index (χ3v) is 2.94. The fraction of sp³-hybridized carbons (Fsp3) is 0.214. The molecule has 0 amide bonds. The Morgan fingerprint density at radius 1 is 1.22 bits per heavy atom. The molecule has 4 heteroatoms. The van der Waals surface area contributed by atoms with Crippen LogP contribution in [0.2, 0.25) is 0 Å². The van der Waals surface area contributed by atoms with Crippen LogP contribution in [0.1, 0.15) is 11.1 Å². The lowest BCUT2D eigenvalue weighted by molar-refractivity contribution is 0.127. The van der Waals surface area contributed by atoms with E-state index in [-0.39, 0.29) is 6.73 Å². The number of hydrazone groups is 1. The molecule has 4 nitrogen and oxygen atoms in total. The number of benzene rings is 2. The Balaban J connectivity index is 2.53. The Hall–Kier alpha value is -1.91. The number of rotatable bonds is 4. The van der Waals surface area contributed by atoms with Crippen molar-refractivity contribution in [2.24, 2.45) is 10.9 Å². The minimum Gasteiger partial charge on any atom is -0.381 e. The molecule has 94 valence electrons. The van der Waals surface area contributed by atoms with Crippen molar-refractivity contribution in [3.8, 4) is 0 Å². The van der Waals surface area contributed by atoms with Crippen LogP contribution in [0.5, 0.6) is 0 Å². The highest BCUT2D eigenvalue weighted by Gasteiger charge is 2.06.